The molecule has 0 aromatic carbocycles. The molecule has 0 saturated heterocycles. The van der Waals surface area contributed by atoms with Crippen LogP contribution in [0.15, 0.2) is 0 Å². The fourth-order valence-electron chi connectivity index (χ4n) is 1.82. The van der Waals surface area contributed by atoms with Gasteiger partial charge in [-0.3, -0.25) is 9.89 Å². The first-order valence-electron chi connectivity index (χ1n) is 5.94. The van der Waals surface area contributed by atoms with Crippen molar-refractivity contribution in [2.75, 3.05) is 6.54 Å². The molecule has 0 atom stereocenters. The number of amides is 1. The summed E-state index contributed by atoms with van der Waals surface area (Å²) in [4.78, 5) is 15.8. The van der Waals surface area contributed by atoms with Crippen molar-refractivity contribution < 1.29 is 9.90 Å². The van der Waals surface area contributed by atoms with Gasteiger partial charge in [0.05, 0.1) is 6.10 Å². The number of aromatic amines is 1. The van der Waals surface area contributed by atoms with E-state index in [1.165, 1.54) is 0 Å². The van der Waals surface area contributed by atoms with Gasteiger partial charge < -0.3 is 10.4 Å². The van der Waals surface area contributed by atoms with Crippen LogP contribution < -0.4 is 5.32 Å². The molecule has 1 aromatic heterocycles. The number of hydrogen-bond donors (Lipinski definition) is 3. The van der Waals surface area contributed by atoms with Gasteiger partial charge in [-0.2, -0.15) is 0 Å². The van der Waals surface area contributed by atoms with Crippen LogP contribution in [0.3, 0.4) is 0 Å². The molecule has 0 unspecified atom stereocenters. The Bertz CT molecular complexity index is 396. The number of aliphatic hydroxyl groups is 1. The van der Waals surface area contributed by atoms with E-state index >= 15 is 0 Å². The second kappa shape index (κ2) is 4.83. The molecule has 0 spiro atoms. The molecule has 1 aliphatic rings. The summed E-state index contributed by atoms with van der Waals surface area (Å²) in [6.07, 6.45) is 1.35. The monoisotopic (exact) mass is 238 g/mol. The molecule has 1 heterocycles. The van der Waals surface area contributed by atoms with Gasteiger partial charge in [-0.15, -0.1) is 5.10 Å². The van der Waals surface area contributed by atoms with Crippen molar-refractivity contribution in [2.45, 2.75) is 38.7 Å². The quantitative estimate of drug-likeness (QED) is 0.709. The van der Waals surface area contributed by atoms with E-state index in [1.807, 2.05) is 13.8 Å². The highest BCUT2D eigenvalue weighted by Crippen LogP contribution is 2.26. The maximum atomic E-state index is 11.7. The smallest absolute Gasteiger partial charge is 0.290 e. The molecular weight excluding hydrogens is 220 g/mol. The van der Waals surface area contributed by atoms with E-state index in [1.54, 1.807) is 0 Å². The minimum Gasteiger partial charge on any atom is -0.393 e. The SMILES string of the molecule is CC(C)c1nc(C(=O)NCC2CC(O)C2)n[nH]1. The number of H-pyrrole nitrogens is 1. The van der Waals surface area contributed by atoms with E-state index in [2.05, 4.69) is 20.5 Å². The second-order valence-corrected chi connectivity index (χ2v) is 4.90. The fraction of sp³-hybridized carbons (Fsp3) is 0.727. The molecular formula is C11H18N4O2. The lowest BCUT2D eigenvalue weighted by atomic mass is 9.82. The zero-order chi connectivity index (χ0) is 12.4. The molecule has 2 rings (SSSR count). The predicted octanol–water partition coefficient (Wildman–Crippen LogP) is 0.429. The fourth-order valence-corrected chi connectivity index (χ4v) is 1.82. The average Bonchev–Trinajstić information content (AvgIpc) is 2.71. The number of aliphatic hydroxyl groups excluding tert-OH is 1. The van der Waals surface area contributed by atoms with Gasteiger partial charge in [0.25, 0.3) is 5.91 Å². The molecule has 1 fully saturated rings. The van der Waals surface area contributed by atoms with Gasteiger partial charge in [-0.1, -0.05) is 13.8 Å². The number of nitrogens with one attached hydrogen (secondary N) is 2. The van der Waals surface area contributed by atoms with E-state index in [0.29, 0.717) is 18.3 Å². The maximum Gasteiger partial charge on any atom is 0.290 e. The summed E-state index contributed by atoms with van der Waals surface area (Å²) in [6.45, 7) is 4.55. The Morgan fingerprint density at radius 2 is 2.29 bits per heavy atom. The number of rotatable bonds is 4. The Balaban J connectivity index is 1.82. The van der Waals surface area contributed by atoms with Crippen LogP contribution in [0.4, 0.5) is 0 Å². The molecule has 6 heteroatoms. The summed E-state index contributed by atoms with van der Waals surface area (Å²) < 4.78 is 0. The number of nitrogens with zero attached hydrogens (tertiary/aromatic N) is 2. The maximum absolute atomic E-state index is 11.7. The van der Waals surface area contributed by atoms with Gasteiger partial charge in [0.15, 0.2) is 0 Å². The number of hydrogen-bond acceptors (Lipinski definition) is 4. The first-order chi connectivity index (χ1) is 8.06. The van der Waals surface area contributed by atoms with E-state index < -0.39 is 0 Å². The van der Waals surface area contributed by atoms with Crippen LogP contribution in [0.5, 0.6) is 0 Å². The van der Waals surface area contributed by atoms with Gasteiger partial charge in [0, 0.05) is 12.5 Å². The van der Waals surface area contributed by atoms with Gasteiger partial charge in [-0.05, 0) is 18.8 Å². The third-order valence-corrected chi connectivity index (χ3v) is 3.01. The van der Waals surface area contributed by atoms with Crippen LogP contribution in [-0.2, 0) is 0 Å². The predicted molar refractivity (Wildman–Crippen MR) is 61.5 cm³/mol. The normalized spacial score (nSPS) is 23.5. The van der Waals surface area contributed by atoms with E-state index in [0.717, 1.165) is 12.8 Å². The highest BCUT2D eigenvalue weighted by Gasteiger charge is 2.27. The summed E-state index contributed by atoms with van der Waals surface area (Å²) in [5, 5.41) is 18.5. The lowest BCUT2D eigenvalue weighted by Crippen LogP contribution is -2.38. The molecule has 1 aromatic rings. The summed E-state index contributed by atoms with van der Waals surface area (Å²) >= 11 is 0. The highest BCUT2D eigenvalue weighted by molar-refractivity contribution is 5.90. The first-order valence-corrected chi connectivity index (χ1v) is 5.94. The van der Waals surface area contributed by atoms with Crippen LogP contribution in [0.2, 0.25) is 0 Å². The molecule has 1 saturated carbocycles. The Morgan fingerprint density at radius 1 is 1.59 bits per heavy atom. The van der Waals surface area contributed by atoms with Crippen molar-refractivity contribution in [2.24, 2.45) is 5.92 Å². The first kappa shape index (κ1) is 12.0. The zero-order valence-electron chi connectivity index (χ0n) is 10.1. The van der Waals surface area contributed by atoms with Crippen molar-refractivity contribution in [3.05, 3.63) is 11.6 Å². The number of aromatic nitrogens is 3. The summed E-state index contributed by atoms with van der Waals surface area (Å²) in [7, 11) is 0. The standard InChI is InChI=1S/C11H18N4O2/c1-6(2)9-13-10(15-14-9)11(17)12-5-7-3-8(16)4-7/h6-8,16H,3-5H2,1-2H3,(H,12,17)(H,13,14,15). The van der Waals surface area contributed by atoms with Crippen molar-refractivity contribution >= 4 is 5.91 Å². The minimum absolute atomic E-state index is 0.187. The molecule has 0 aliphatic heterocycles. The summed E-state index contributed by atoms with van der Waals surface area (Å²) in [6, 6.07) is 0. The topological polar surface area (TPSA) is 90.9 Å². The van der Waals surface area contributed by atoms with Crippen LogP contribution in [0, 0.1) is 5.92 Å². The molecule has 6 nitrogen and oxygen atoms in total. The molecule has 3 N–H and O–H groups in total. The van der Waals surface area contributed by atoms with Gasteiger partial charge >= 0.3 is 0 Å². The van der Waals surface area contributed by atoms with Crippen LogP contribution >= 0.6 is 0 Å². The Kier molecular flexibility index (Phi) is 3.42. The van der Waals surface area contributed by atoms with Crippen molar-refractivity contribution in [1.82, 2.24) is 20.5 Å². The molecule has 0 bridgehead atoms. The third kappa shape index (κ3) is 2.82. The highest BCUT2D eigenvalue weighted by atomic mass is 16.3. The van der Waals surface area contributed by atoms with Crippen molar-refractivity contribution in [1.29, 1.82) is 0 Å². The van der Waals surface area contributed by atoms with E-state index in [9.17, 15) is 4.79 Å². The van der Waals surface area contributed by atoms with Gasteiger partial charge in [0.2, 0.25) is 5.82 Å². The average molecular weight is 238 g/mol. The minimum atomic E-state index is -0.255. The molecule has 1 aliphatic carbocycles. The Hall–Kier alpha value is -1.43. The third-order valence-electron chi connectivity index (χ3n) is 3.01. The van der Waals surface area contributed by atoms with Crippen LogP contribution in [0.1, 0.15) is 49.1 Å². The van der Waals surface area contributed by atoms with Crippen molar-refractivity contribution in [3.8, 4) is 0 Å². The molecule has 1 amide bonds. The lowest BCUT2D eigenvalue weighted by Gasteiger charge is -2.31. The second-order valence-electron chi connectivity index (χ2n) is 4.90. The van der Waals surface area contributed by atoms with Crippen LogP contribution in [-0.4, -0.2) is 38.8 Å². The van der Waals surface area contributed by atoms with Gasteiger partial charge in [-0.25, -0.2) is 4.98 Å². The zero-order valence-corrected chi connectivity index (χ0v) is 10.1. The Labute approximate surface area is 99.8 Å². The van der Waals surface area contributed by atoms with E-state index in [-0.39, 0.29) is 23.8 Å². The lowest BCUT2D eigenvalue weighted by molar-refractivity contribution is 0.0419. The van der Waals surface area contributed by atoms with E-state index in [4.69, 9.17) is 5.11 Å². The van der Waals surface area contributed by atoms with Crippen molar-refractivity contribution in [3.63, 3.8) is 0 Å². The molecule has 17 heavy (non-hydrogen) atoms. The molecule has 94 valence electrons. The molecule has 0 radical (unpaired) electrons. The Morgan fingerprint density at radius 3 is 2.82 bits per heavy atom. The summed E-state index contributed by atoms with van der Waals surface area (Å²) in [5.74, 6) is 1.26. The van der Waals surface area contributed by atoms with Crippen LogP contribution in [0.25, 0.3) is 0 Å². The largest absolute Gasteiger partial charge is 0.393 e. The van der Waals surface area contributed by atoms with Gasteiger partial charge in [0.1, 0.15) is 5.82 Å². The summed E-state index contributed by atoms with van der Waals surface area (Å²) in [5.41, 5.74) is 0. The number of carbonyl (C=O) groups excluding carboxylic acids is 1. The number of carbonyl (C=O) groups is 1.